The molecule has 1 aliphatic heterocycles. The van der Waals surface area contributed by atoms with E-state index >= 15 is 0 Å². The van der Waals surface area contributed by atoms with E-state index in [9.17, 15) is 4.79 Å². The van der Waals surface area contributed by atoms with Crippen molar-refractivity contribution >= 4 is 11.0 Å². The Labute approximate surface area is 111 Å². The highest BCUT2D eigenvalue weighted by Gasteiger charge is 2.19. The Morgan fingerprint density at radius 1 is 1.47 bits per heavy atom. The summed E-state index contributed by atoms with van der Waals surface area (Å²) in [4.78, 5) is 21.7. The fourth-order valence-corrected chi connectivity index (χ4v) is 2.74. The summed E-state index contributed by atoms with van der Waals surface area (Å²) in [6, 6.07) is 0.557. The van der Waals surface area contributed by atoms with Gasteiger partial charge >= 0.3 is 0 Å². The molecule has 1 N–H and O–H groups in total. The number of rotatable bonds is 2. The predicted molar refractivity (Wildman–Crippen MR) is 72.9 cm³/mol. The summed E-state index contributed by atoms with van der Waals surface area (Å²) in [6.07, 6.45) is 5.30. The Hall–Kier alpha value is -1.69. The number of likely N-dealkylation sites (tertiary alicyclic amines) is 1. The number of aromatic amines is 1. The molecule has 0 saturated carbocycles. The average molecular weight is 261 g/mol. The van der Waals surface area contributed by atoms with E-state index in [1.54, 1.807) is 10.9 Å². The van der Waals surface area contributed by atoms with Crippen LogP contribution in [0.5, 0.6) is 0 Å². The van der Waals surface area contributed by atoms with Gasteiger partial charge in [-0.05, 0) is 26.3 Å². The fraction of sp³-hybridized carbons (Fsp3) is 0.615. The predicted octanol–water partition coefficient (Wildman–Crippen LogP) is 1.03. The van der Waals surface area contributed by atoms with Crippen molar-refractivity contribution in [3.8, 4) is 0 Å². The van der Waals surface area contributed by atoms with Gasteiger partial charge in [-0.25, -0.2) is 4.98 Å². The number of piperidine rings is 1. The largest absolute Gasteiger partial charge is 0.309 e. The SMILES string of the molecule is C[C@@H]1CCCCN1Cc1nc2c(cnn2C)c(=O)[nH]1. The van der Waals surface area contributed by atoms with Crippen molar-refractivity contribution in [2.75, 3.05) is 6.54 Å². The maximum atomic E-state index is 12.0. The van der Waals surface area contributed by atoms with E-state index in [1.165, 1.54) is 19.3 Å². The molecule has 0 aromatic carbocycles. The van der Waals surface area contributed by atoms with Gasteiger partial charge in [0.25, 0.3) is 5.56 Å². The topological polar surface area (TPSA) is 66.8 Å². The van der Waals surface area contributed by atoms with E-state index in [0.717, 1.165) is 12.4 Å². The first-order chi connectivity index (χ1) is 9.15. The maximum Gasteiger partial charge on any atom is 0.262 e. The summed E-state index contributed by atoms with van der Waals surface area (Å²) in [5.74, 6) is 0.731. The van der Waals surface area contributed by atoms with Crippen LogP contribution in [0.25, 0.3) is 11.0 Å². The molecular weight excluding hydrogens is 242 g/mol. The number of aryl methyl sites for hydroxylation is 1. The summed E-state index contributed by atoms with van der Waals surface area (Å²) in [7, 11) is 1.81. The first-order valence-corrected chi connectivity index (χ1v) is 6.80. The van der Waals surface area contributed by atoms with Gasteiger partial charge in [-0.2, -0.15) is 5.10 Å². The number of aromatic nitrogens is 4. The lowest BCUT2D eigenvalue weighted by molar-refractivity contribution is 0.149. The highest BCUT2D eigenvalue weighted by atomic mass is 16.1. The van der Waals surface area contributed by atoms with Gasteiger partial charge in [0, 0.05) is 13.1 Å². The molecule has 6 heteroatoms. The minimum atomic E-state index is -0.0993. The maximum absolute atomic E-state index is 12.0. The molecule has 0 spiro atoms. The van der Waals surface area contributed by atoms with Crippen molar-refractivity contribution in [3.05, 3.63) is 22.4 Å². The van der Waals surface area contributed by atoms with Crippen molar-refractivity contribution in [2.24, 2.45) is 7.05 Å². The fourth-order valence-electron chi connectivity index (χ4n) is 2.74. The number of hydrogen-bond donors (Lipinski definition) is 1. The Balaban J connectivity index is 1.92. The van der Waals surface area contributed by atoms with E-state index in [4.69, 9.17) is 0 Å². The molecule has 0 bridgehead atoms. The molecular formula is C13H19N5O. The summed E-state index contributed by atoms with van der Waals surface area (Å²) in [5, 5.41) is 4.63. The van der Waals surface area contributed by atoms with Crippen LogP contribution < -0.4 is 5.56 Å². The van der Waals surface area contributed by atoms with Crippen molar-refractivity contribution in [1.29, 1.82) is 0 Å². The first kappa shape index (κ1) is 12.3. The van der Waals surface area contributed by atoms with E-state index < -0.39 is 0 Å². The van der Waals surface area contributed by atoms with Gasteiger partial charge in [0.05, 0.1) is 12.7 Å². The number of nitrogens with zero attached hydrogens (tertiary/aromatic N) is 4. The monoisotopic (exact) mass is 261 g/mol. The Morgan fingerprint density at radius 3 is 3.11 bits per heavy atom. The molecule has 102 valence electrons. The second-order valence-corrected chi connectivity index (χ2v) is 5.33. The zero-order chi connectivity index (χ0) is 13.4. The molecule has 2 aromatic rings. The van der Waals surface area contributed by atoms with E-state index in [-0.39, 0.29) is 5.56 Å². The molecule has 1 fully saturated rings. The van der Waals surface area contributed by atoms with Crippen LogP contribution in [0.15, 0.2) is 11.0 Å². The molecule has 2 aromatic heterocycles. The van der Waals surface area contributed by atoms with Gasteiger partial charge in [-0.15, -0.1) is 0 Å². The van der Waals surface area contributed by atoms with Crippen LogP contribution in [0.3, 0.4) is 0 Å². The van der Waals surface area contributed by atoms with Gasteiger partial charge in [0.1, 0.15) is 11.2 Å². The van der Waals surface area contributed by atoms with Crippen LogP contribution in [0.1, 0.15) is 32.0 Å². The smallest absolute Gasteiger partial charge is 0.262 e. The van der Waals surface area contributed by atoms with Crippen LogP contribution in [0, 0.1) is 0 Å². The Kier molecular flexibility index (Phi) is 3.10. The Bertz CT molecular complexity index is 644. The molecule has 0 aliphatic carbocycles. The summed E-state index contributed by atoms with van der Waals surface area (Å²) >= 11 is 0. The summed E-state index contributed by atoms with van der Waals surface area (Å²) < 4.78 is 1.65. The molecule has 19 heavy (non-hydrogen) atoms. The highest BCUT2D eigenvalue weighted by molar-refractivity contribution is 5.72. The second kappa shape index (κ2) is 4.77. The van der Waals surface area contributed by atoms with Crippen LogP contribution in [-0.4, -0.2) is 37.2 Å². The molecule has 0 radical (unpaired) electrons. The van der Waals surface area contributed by atoms with Crippen LogP contribution in [-0.2, 0) is 13.6 Å². The summed E-state index contributed by atoms with van der Waals surface area (Å²) in [5.41, 5.74) is 0.557. The van der Waals surface area contributed by atoms with E-state index in [1.807, 2.05) is 7.05 Å². The molecule has 1 saturated heterocycles. The quantitative estimate of drug-likeness (QED) is 0.877. The molecule has 1 atom stereocenters. The van der Waals surface area contributed by atoms with Crippen LogP contribution >= 0.6 is 0 Å². The first-order valence-electron chi connectivity index (χ1n) is 6.80. The number of nitrogens with one attached hydrogen (secondary N) is 1. The van der Waals surface area contributed by atoms with Gasteiger partial charge in [0.15, 0.2) is 5.65 Å². The minimum absolute atomic E-state index is 0.0993. The van der Waals surface area contributed by atoms with E-state index in [0.29, 0.717) is 23.6 Å². The van der Waals surface area contributed by atoms with Crippen LogP contribution in [0.2, 0.25) is 0 Å². The van der Waals surface area contributed by atoms with Crippen molar-refractivity contribution < 1.29 is 0 Å². The zero-order valence-corrected chi connectivity index (χ0v) is 11.4. The molecule has 6 nitrogen and oxygen atoms in total. The third kappa shape index (κ3) is 2.28. The zero-order valence-electron chi connectivity index (χ0n) is 11.4. The lowest BCUT2D eigenvalue weighted by atomic mass is 10.0. The molecule has 0 amide bonds. The van der Waals surface area contributed by atoms with Crippen molar-refractivity contribution in [3.63, 3.8) is 0 Å². The van der Waals surface area contributed by atoms with Gasteiger partial charge in [-0.1, -0.05) is 6.42 Å². The third-order valence-corrected chi connectivity index (χ3v) is 3.94. The molecule has 3 heterocycles. The number of hydrogen-bond acceptors (Lipinski definition) is 4. The second-order valence-electron chi connectivity index (χ2n) is 5.33. The molecule has 3 rings (SSSR count). The van der Waals surface area contributed by atoms with Crippen LogP contribution in [0.4, 0.5) is 0 Å². The lowest BCUT2D eigenvalue weighted by Gasteiger charge is -2.32. The third-order valence-electron chi connectivity index (χ3n) is 3.94. The van der Waals surface area contributed by atoms with E-state index in [2.05, 4.69) is 26.9 Å². The standard InChI is InChI=1S/C13H19N5O/c1-9-5-3-4-6-18(9)8-11-15-12-10(13(19)16-11)7-14-17(12)2/h7,9H,3-6,8H2,1-2H3,(H,15,16,19)/t9-/m1/s1. The molecule has 1 aliphatic rings. The normalized spacial score (nSPS) is 21.1. The lowest BCUT2D eigenvalue weighted by Crippen LogP contribution is -2.37. The Morgan fingerprint density at radius 2 is 2.32 bits per heavy atom. The van der Waals surface area contributed by atoms with Gasteiger partial charge in [-0.3, -0.25) is 14.4 Å². The number of H-pyrrole nitrogens is 1. The molecule has 0 unspecified atom stereocenters. The van der Waals surface area contributed by atoms with Gasteiger partial charge < -0.3 is 4.98 Å². The average Bonchev–Trinajstić information content (AvgIpc) is 2.75. The summed E-state index contributed by atoms with van der Waals surface area (Å²) in [6.45, 7) is 4.02. The van der Waals surface area contributed by atoms with Gasteiger partial charge in [0.2, 0.25) is 0 Å². The highest BCUT2D eigenvalue weighted by Crippen LogP contribution is 2.18. The number of fused-ring (bicyclic) bond motifs is 1. The van der Waals surface area contributed by atoms with Crippen molar-refractivity contribution in [2.45, 2.75) is 38.8 Å². The van der Waals surface area contributed by atoms with Crippen molar-refractivity contribution in [1.82, 2.24) is 24.6 Å². The minimum Gasteiger partial charge on any atom is -0.309 e.